The van der Waals surface area contributed by atoms with E-state index >= 15 is 0 Å². The molecular weight excluding hydrogens is 673 g/mol. The van der Waals surface area contributed by atoms with Crippen LogP contribution in [0.4, 0.5) is 0 Å². The summed E-state index contributed by atoms with van der Waals surface area (Å²) in [7, 11) is 0. The molecule has 0 aliphatic rings. The molecule has 0 bridgehead atoms. The molecule has 6 nitrogen and oxygen atoms in total. The highest BCUT2D eigenvalue weighted by Gasteiger charge is 2.21. The van der Waals surface area contributed by atoms with E-state index in [9.17, 15) is 9.90 Å². The normalized spacial score (nSPS) is 10.3. The second kappa shape index (κ2) is 19.7. The van der Waals surface area contributed by atoms with E-state index in [4.69, 9.17) is 18.9 Å². The zero-order chi connectivity index (χ0) is 37.7. The Hall–Kier alpha value is -6.01. The molecule has 0 unspecified atom stereocenters. The Labute approximate surface area is 321 Å². The lowest BCUT2D eigenvalue weighted by atomic mass is 9.98. The Morgan fingerprint density at radius 2 is 0.685 bits per heavy atom. The highest BCUT2D eigenvalue weighted by molar-refractivity contribution is 5.85. The van der Waals surface area contributed by atoms with E-state index in [0.29, 0.717) is 49.1 Å². The molecular formula is C48H52O6. The standard InChI is InChI=1S/C24H24O3.C23H24O3.CH4/c1-17-18(2)24(27-16-21-12-8-5-9-13-21)22(14-25)19(3)23(17)26-15-20-10-6-4-7-11-20;1-16-17(2)23(26-15-20-12-8-5-9-13-20)21(24)18(3)22(16)25-14-19-10-6-4-7-11-19;/h4-14H,15-16H2,1-3H3;4-13,24H,14-15H2,1-3H3;1H4. The minimum absolute atomic E-state index is 0. The van der Waals surface area contributed by atoms with Gasteiger partial charge in [0.25, 0.3) is 0 Å². The third kappa shape index (κ3) is 10.1. The number of hydrogen-bond donors (Lipinski definition) is 1. The molecule has 6 aromatic carbocycles. The second-order valence-corrected chi connectivity index (χ2v) is 13.0. The summed E-state index contributed by atoms with van der Waals surface area (Å²) in [6, 6.07) is 39.9. The van der Waals surface area contributed by atoms with Crippen LogP contribution in [0.3, 0.4) is 0 Å². The summed E-state index contributed by atoms with van der Waals surface area (Å²) < 4.78 is 24.1. The van der Waals surface area contributed by atoms with Crippen molar-refractivity contribution in [2.75, 3.05) is 0 Å². The molecule has 6 aromatic rings. The van der Waals surface area contributed by atoms with Crippen molar-refractivity contribution in [2.45, 2.75) is 75.4 Å². The van der Waals surface area contributed by atoms with Crippen molar-refractivity contribution in [2.24, 2.45) is 0 Å². The quantitative estimate of drug-likeness (QED) is 0.120. The molecule has 0 amide bonds. The molecule has 280 valence electrons. The first-order chi connectivity index (χ1) is 25.7. The van der Waals surface area contributed by atoms with E-state index in [1.165, 1.54) is 0 Å². The number of phenolic OH excluding ortho intramolecular Hbond substituents is 1. The third-order valence-corrected chi connectivity index (χ3v) is 9.41. The van der Waals surface area contributed by atoms with E-state index in [1.54, 1.807) is 0 Å². The number of aromatic hydroxyl groups is 1. The first-order valence-corrected chi connectivity index (χ1v) is 17.8. The lowest BCUT2D eigenvalue weighted by molar-refractivity contribution is 0.111. The number of ether oxygens (including phenoxy) is 4. The van der Waals surface area contributed by atoms with Crippen LogP contribution in [0.25, 0.3) is 0 Å². The van der Waals surface area contributed by atoms with Crippen molar-refractivity contribution < 1.29 is 28.8 Å². The molecule has 0 saturated heterocycles. The van der Waals surface area contributed by atoms with Crippen molar-refractivity contribution in [3.8, 4) is 28.7 Å². The van der Waals surface area contributed by atoms with Gasteiger partial charge in [-0.3, -0.25) is 4.79 Å². The summed E-state index contributed by atoms with van der Waals surface area (Å²) in [6.07, 6.45) is 0.859. The molecule has 0 aromatic heterocycles. The first-order valence-electron chi connectivity index (χ1n) is 17.8. The third-order valence-electron chi connectivity index (χ3n) is 9.41. The monoisotopic (exact) mass is 724 g/mol. The molecule has 0 saturated carbocycles. The fourth-order valence-corrected chi connectivity index (χ4v) is 6.05. The number of carbonyl (C=O) groups excluding carboxylic acids is 1. The predicted octanol–water partition coefficient (Wildman–Crippen LogP) is 11.7. The molecule has 0 radical (unpaired) electrons. The number of phenols is 1. The Morgan fingerprint density at radius 1 is 0.407 bits per heavy atom. The van der Waals surface area contributed by atoms with Gasteiger partial charge in [-0.15, -0.1) is 0 Å². The average Bonchev–Trinajstić information content (AvgIpc) is 3.19. The molecule has 0 aliphatic carbocycles. The number of rotatable bonds is 13. The van der Waals surface area contributed by atoms with E-state index in [1.807, 2.05) is 163 Å². The van der Waals surface area contributed by atoms with Crippen LogP contribution in [0.2, 0.25) is 0 Å². The van der Waals surface area contributed by atoms with E-state index in [0.717, 1.165) is 67.9 Å². The fraction of sp³-hybridized carbons (Fsp3) is 0.229. The molecule has 0 aliphatic heterocycles. The van der Waals surface area contributed by atoms with Crippen LogP contribution in [0.15, 0.2) is 121 Å². The van der Waals surface area contributed by atoms with Crippen LogP contribution in [-0.4, -0.2) is 11.4 Å². The summed E-state index contributed by atoms with van der Waals surface area (Å²) in [5, 5.41) is 10.7. The second-order valence-electron chi connectivity index (χ2n) is 13.0. The highest BCUT2D eigenvalue weighted by Crippen LogP contribution is 2.43. The summed E-state index contributed by atoms with van der Waals surface area (Å²) in [6.45, 7) is 13.5. The summed E-state index contributed by atoms with van der Waals surface area (Å²) >= 11 is 0. The van der Waals surface area contributed by atoms with Gasteiger partial charge >= 0.3 is 0 Å². The lowest BCUT2D eigenvalue weighted by Gasteiger charge is -2.20. The smallest absolute Gasteiger partial charge is 0.165 e. The number of carbonyl (C=O) groups is 1. The Balaban J connectivity index is 0.000000236. The molecule has 6 rings (SSSR count). The SMILES string of the molecule is C.Cc1c(C)c(OCc2ccccc2)c(C=O)c(C)c1OCc1ccccc1.Cc1c(C)c(OCc2ccccc2)c(O)c(C)c1OCc1ccccc1. The van der Waals surface area contributed by atoms with Crippen LogP contribution in [0, 0.1) is 41.5 Å². The van der Waals surface area contributed by atoms with Gasteiger partial charge in [0, 0.05) is 16.7 Å². The molecule has 0 atom stereocenters. The number of hydrogen-bond acceptors (Lipinski definition) is 6. The van der Waals surface area contributed by atoms with Crippen LogP contribution < -0.4 is 18.9 Å². The Kier molecular flexibility index (Phi) is 14.9. The van der Waals surface area contributed by atoms with Crippen LogP contribution in [-0.2, 0) is 26.4 Å². The molecule has 1 N–H and O–H groups in total. The summed E-state index contributed by atoms with van der Waals surface area (Å²) in [5.41, 5.74) is 10.2. The van der Waals surface area contributed by atoms with Crippen LogP contribution in [0.1, 0.15) is 73.4 Å². The van der Waals surface area contributed by atoms with Gasteiger partial charge in [0.2, 0.25) is 0 Å². The predicted molar refractivity (Wildman–Crippen MR) is 218 cm³/mol. The molecule has 0 fully saturated rings. The molecule has 0 heterocycles. The maximum Gasteiger partial charge on any atom is 0.165 e. The van der Waals surface area contributed by atoms with Crippen molar-refractivity contribution in [3.05, 3.63) is 183 Å². The largest absolute Gasteiger partial charge is 0.504 e. The van der Waals surface area contributed by atoms with E-state index < -0.39 is 0 Å². The zero-order valence-corrected chi connectivity index (χ0v) is 31.4. The minimum Gasteiger partial charge on any atom is -0.504 e. The minimum atomic E-state index is 0. The molecule has 54 heavy (non-hydrogen) atoms. The Morgan fingerprint density at radius 3 is 1.04 bits per heavy atom. The van der Waals surface area contributed by atoms with Gasteiger partial charge in [-0.05, 0) is 80.5 Å². The maximum absolute atomic E-state index is 11.8. The van der Waals surface area contributed by atoms with Gasteiger partial charge in [0.15, 0.2) is 17.8 Å². The lowest BCUT2D eigenvalue weighted by Crippen LogP contribution is -2.07. The molecule has 0 spiro atoms. The van der Waals surface area contributed by atoms with Crippen molar-refractivity contribution in [1.82, 2.24) is 0 Å². The maximum atomic E-state index is 11.8. The first kappa shape index (κ1) is 40.8. The fourth-order valence-electron chi connectivity index (χ4n) is 6.05. The highest BCUT2D eigenvalue weighted by atomic mass is 16.5. The van der Waals surface area contributed by atoms with E-state index in [2.05, 4.69) is 0 Å². The number of benzene rings is 6. The average molecular weight is 725 g/mol. The molecule has 6 heteroatoms. The summed E-state index contributed by atoms with van der Waals surface area (Å²) in [5.74, 6) is 2.78. The van der Waals surface area contributed by atoms with Crippen LogP contribution in [0.5, 0.6) is 28.7 Å². The summed E-state index contributed by atoms with van der Waals surface area (Å²) in [4.78, 5) is 11.8. The van der Waals surface area contributed by atoms with Gasteiger partial charge in [-0.1, -0.05) is 129 Å². The van der Waals surface area contributed by atoms with Gasteiger partial charge in [0.05, 0.1) is 5.56 Å². The van der Waals surface area contributed by atoms with Crippen molar-refractivity contribution in [1.29, 1.82) is 0 Å². The van der Waals surface area contributed by atoms with Gasteiger partial charge < -0.3 is 24.1 Å². The van der Waals surface area contributed by atoms with Gasteiger partial charge in [-0.2, -0.15) is 0 Å². The van der Waals surface area contributed by atoms with Gasteiger partial charge in [0.1, 0.15) is 43.7 Å². The Bertz CT molecular complexity index is 1990. The van der Waals surface area contributed by atoms with E-state index in [-0.39, 0.29) is 13.2 Å². The van der Waals surface area contributed by atoms with Crippen LogP contribution >= 0.6 is 0 Å². The zero-order valence-electron chi connectivity index (χ0n) is 31.4. The number of aldehydes is 1. The van der Waals surface area contributed by atoms with Gasteiger partial charge in [-0.25, -0.2) is 0 Å². The van der Waals surface area contributed by atoms with Crippen molar-refractivity contribution >= 4 is 6.29 Å². The van der Waals surface area contributed by atoms with Crippen molar-refractivity contribution in [3.63, 3.8) is 0 Å². The topological polar surface area (TPSA) is 74.2 Å².